The smallest absolute Gasteiger partial charge is 0.222 e. The number of nitrogens with zero attached hydrogens (tertiary/aromatic N) is 2. The van der Waals surface area contributed by atoms with Crippen LogP contribution in [0.15, 0.2) is 76.5 Å². The molecule has 6 heteroatoms. The van der Waals surface area contributed by atoms with Gasteiger partial charge in [-0.1, -0.05) is 48.0 Å². The molecule has 0 aliphatic rings. The highest BCUT2D eigenvalue weighted by molar-refractivity contribution is 7.98. The second kappa shape index (κ2) is 8.26. The Kier molecular flexibility index (Phi) is 5.65. The zero-order chi connectivity index (χ0) is 22.2. The predicted octanol–water partition coefficient (Wildman–Crippen LogP) is 5.97. The van der Waals surface area contributed by atoms with Crippen molar-refractivity contribution >= 4 is 32.7 Å². The lowest BCUT2D eigenvalue weighted by molar-refractivity contribution is 0.588. The summed E-state index contributed by atoms with van der Waals surface area (Å²) < 4.78 is 28.6. The highest BCUT2D eigenvalue weighted by Gasteiger charge is 2.27. The molecule has 0 aliphatic heterocycles. The number of fused-ring (bicyclic) bond motifs is 1. The van der Waals surface area contributed by atoms with Crippen LogP contribution in [0.3, 0.4) is 0 Å². The van der Waals surface area contributed by atoms with E-state index in [0.717, 1.165) is 27.0 Å². The fourth-order valence-corrected chi connectivity index (χ4v) is 6.39. The third-order valence-corrected chi connectivity index (χ3v) is 8.10. The first kappa shape index (κ1) is 21.2. The standard InChI is InChI=1S/C25H22N2O2S2/c1-17-9-11-21(12-10-17)31(28,29)27-23(15-26)19(3)22-13-18(2)14-24(25(22)27)30-16-20-7-5-4-6-8-20/h4-14H,16H2,1-3H3. The van der Waals surface area contributed by atoms with Gasteiger partial charge in [-0.2, -0.15) is 5.26 Å². The van der Waals surface area contributed by atoms with Crippen molar-refractivity contribution in [3.05, 3.63) is 94.7 Å². The van der Waals surface area contributed by atoms with Crippen LogP contribution in [0.4, 0.5) is 0 Å². The average Bonchev–Trinajstić information content (AvgIpc) is 3.05. The molecule has 31 heavy (non-hydrogen) atoms. The van der Waals surface area contributed by atoms with Gasteiger partial charge < -0.3 is 0 Å². The van der Waals surface area contributed by atoms with Gasteiger partial charge in [-0.3, -0.25) is 0 Å². The van der Waals surface area contributed by atoms with Crippen molar-refractivity contribution in [1.82, 2.24) is 3.97 Å². The predicted molar refractivity (Wildman–Crippen MR) is 126 cm³/mol. The minimum atomic E-state index is -3.94. The van der Waals surface area contributed by atoms with Crippen LogP contribution in [0.1, 0.15) is 27.9 Å². The molecule has 0 amide bonds. The van der Waals surface area contributed by atoms with Gasteiger partial charge in [0.1, 0.15) is 11.8 Å². The summed E-state index contributed by atoms with van der Waals surface area (Å²) >= 11 is 1.58. The van der Waals surface area contributed by atoms with Crippen molar-refractivity contribution in [2.45, 2.75) is 36.3 Å². The van der Waals surface area contributed by atoms with Gasteiger partial charge in [0, 0.05) is 16.0 Å². The molecule has 0 spiro atoms. The van der Waals surface area contributed by atoms with Crippen LogP contribution in [0, 0.1) is 32.1 Å². The summed E-state index contributed by atoms with van der Waals surface area (Å²) in [7, 11) is -3.94. The summed E-state index contributed by atoms with van der Waals surface area (Å²) in [5.41, 5.74) is 4.56. The first-order chi connectivity index (χ1) is 14.8. The van der Waals surface area contributed by atoms with Crippen molar-refractivity contribution in [1.29, 1.82) is 5.26 Å². The first-order valence-corrected chi connectivity index (χ1v) is 12.3. The minimum Gasteiger partial charge on any atom is -0.222 e. The molecule has 0 saturated heterocycles. The highest BCUT2D eigenvalue weighted by atomic mass is 32.2. The molecule has 0 radical (unpaired) electrons. The fraction of sp³-hybridized carbons (Fsp3) is 0.160. The number of benzene rings is 3. The van der Waals surface area contributed by atoms with Gasteiger partial charge in [-0.05, 0) is 61.7 Å². The van der Waals surface area contributed by atoms with Crippen molar-refractivity contribution < 1.29 is 8.42 Å². The van der Waals surface area contributed by atoms with Crippen LogP contribution in [0.2, 0.25) is 0 Å². The van der Waals surface area contributed by atoms with Crippen LogP contribution < -0.4 is 0 Å². The molecule has 3 aromatic carbocycles. The monoisotopic (exact) mass is 446 g/mol. The Morgan fingerprint density at radius 2 is 1.61 bits per heavy atom. The molecule has 0 saturated carbocycles. The molecule has 156 valence electrons. The van der Waals surface area contributed by atoms with Gasteiger partial charge in [0.15, 0.2) is 0 Å². The fourth-order valence-electron chi connectivity index (χ4n) is 3.66. The van der Waals surface area contributed by atoms with E-state index in [2.05, 4.69) is 6.07 Å². The lowest BCUT2D eigenvalue weighted by Crippen LogP contribution is -2.15. The number of aromatic nitrogens is 1. The zero-order valence-electron chi connectivity index (χ0n) is 17.6. The third-order valence-electron chi connectivity index (χ3n) is 5.29. The summed E-state index contributed by atoms with van der Waals surface area (Å²) in [5.74, 6) is 0.704. The molecular weight excluding hydrogens is 424 g/mol. The van der Waals surface area contributed by atoms with Gasteiger partial charge in [0.2, 0.25) is 0 Å². The summed E-state index contributed by atoms with van der Waals surface area (Å²) in [4.78, 5) is 1.02. The van der Waals surface area contributed by atoms with Crippen molar-refractivity contribution in [2.75, 3.05) is 0 Å². The minimum absolute atomic E-state index is 0.155. The summed E-state index contributed by atoms with van der Waals surface area (Å²) in [5, 5.41) is 10.7. The lowest BCUT2D eigenvalue weighted by atomic mass is 10.1. The van der Waals surface area contributed by atoms with E-state index in [9.17, 15) is 13.7 Å². The quantitative estimate of drug-likeness (QED) is 0.355. The van der Waals surface area contributed by atoms with E-state index in [1.165, 1.54) is 3.97 Å². The maximum atomic E-state index is 13.7. The Hall–Kier alpha value is -3.01. The largest absolute Gasteiger partial charge is 0.269 e. The molecule has 0 fully saturated rings. The summed E-state index contributed by atoms with van der Waals surface area (Å²) in [6, 6.07) is 22.9. The maximum absolute atomic E-state index is 13.7. The lowest BCUT2D eigenvalue weighted by Gasteiger charge is -2.13. The van der Waals surface area contributed by atoms with Gasteiger partial charge in [0.25, 0.3) is 10.0 Å². The van der Waals surface area contributed by atoms with E-state index >= 15 is 0 Å². The second-order valence-electron chi connectivity index (χ2n) is 7.60. The van der Waals surface area contributed by atoms with Crippen molar-refractivity contribution in [2.24, 2.45) is 0 Å². The van der Waals surface area contributed by atoms with E-state index in [1.807, 2.05) is 63.2 Å². The van der Waals surface area contributed by atoms with E-state index < -0.39 is 10.0 Å². The van der Waals surface area contributed by atoms with Crippen LogP contribution in [-0.4, -0.2) is 12.4 Å². The Balaban J connectivity index is 1.96. The van der Waals surface area contributed by atoms with E-state index in [4.69, 9.17) is 0 Å². The molecule has 0 unspecified atom stereocenters. The Labute approximate surface area is 187 Å². The Morgan fingerprint density at radius 1 is 0.935 bits per heavy atom. The zero-order valence-corrected chi connectivity index (χ0v) is 19.2. The normalized spacial score (nSPS) is 11.5. The van der Waals surface area contributed by atoms with E-state index in [1.54, 1.807) is 36.0 Å². The van der Waals surface area contributed by atoms with E-state index in [-0.39, 0.29) is 10.6 Å². The topological polar surface area (TPSA) is 62.9 Å². The molecule has 0 bridgehead atoms. The number of thioether (sulfide) groups is 1. The number of hydrogen-bond donors (Lipinski definition) is 0. The molecule has 1 aromatic heterocycles. The van der Waals surface area contributed by atoms with Crippen molar-refractivity contribution in [3.8, 4) is 6.07 Å². The van der Waals surface area contributed by atoms with Gasteiger partial charge in [0.05, 0.1) is 10.4 Å². The highest BCUT2D eigenvalue weighted by Crippen LogP contribution is 2.38. The Bertz CT molecular complexity index is 1410. The van der Waals surface area contributed by atoms with Gasteiger partial charge in [-0.25, -0.2) is 12.4 Å². The van der Waals surface area contributed by atoms with Crippen LogP contribution in [0.25, 0.3) is 10.9 Å². The van der Waals surface area contributed by atoms with Crippen molar-refractivity contribution in [3.63, 3.8) is 0 Å². The average molecular weight is 447 g/mol. The third kappa shape index (κ3) is 3.87. The first-order valence-electron chi connectivity index (χ1n) is 9.87. The molecule has 4 nitrogen and oxygen atoms in total. The molecule has 4 rings (SSSR count). The number of hydrogen-bond acceptors (Lipinski definition) is 4. The molecule has 0 N–H and O–H groups in total. The van der Waals surface area contributed by atoms with Gasteiger partial charge in [-0.15, -0.1) is 11.8 Å². The number of nitriles is 1. The van der Waals surface area contributed by atoms with Crippen LogP contribution >= 0.6 is 11.8 Å². The van der Waals surface area contributed by atoms with Gasteiger partial charge >= 0.3 is 0 Å². The molecular formula is C25H22N2O2S2. The second-order valence-corrected chi connectivity index (χ2v) is 10.4. The molecule has 0 atom stereocenters. The number of rotatable bonds is 5. The molecule has 0 aliphatic carbocycles. The SMILES string of the molecule is Cc1ccc(S(=O)(=O)n2c(C#N)c(C)c3cc(C)cc(SCc4ccccc4)c32)cc1. The van der Waals surface area contributed by atoms with Crippen LogP contribution in [0.5, 0.6) is 0 Å². The van der Waals surface area contributed by atoms with Crippen LogP contribution in [-0.2, 0) is 15.8 Å². The van der Waals surface area contributed by atoms with E-state index in [0.29, 0.717) is 16.8 Å². The Morgan fingerprint density at radius 3 is 2.26 bits per heavy atom. The molecule has 1 heterocycles. The number of aryl methyl sites for hydroxylation is 3. The maximum Gasteiger partial charge on any atom is 0.269 e. The summed E-state index contributed by atoms with van der Waals surface area (Å²) in [6.07, 6.45) is 0. The molecule has 4 aromatic rings. The summed E-state index contributed by atoms with van der Waals surface area (Å²) in [6.45, 7) is 5.71.